The molecule has 1 fully saturated rings. The van der Waals surface area contributed by atoms with E-state index in [1.807, 2.05) is 35.2 Å². The van der Waals surface area contributed by atoms with Crippen LogP contribution in [0.4, 0.5) is 5.82 Å². The van der Waals surface area contributed by atoms with Crippen LogP contribution in [0.2, 0.25) is 0 Å². The Morgan fingerprint density at radius 2 is 1.69 bits per heavy atom. The van der Waals surface area contributed by atoms with Crippen molar-refractivity contribution < 1.29 is 9.59 Å². The number of aromatic nitrogens is 1. The third-order valence-electron chi connectivity index (χ3n) is 4.74. The normalized spacial score (nSPS) is 16.8. The van der Waals surface area contributed by atoms with Crippen molar-refractivity contribution in [2.75, 3.05) is 31.1 Å². The number of hydrogen-bond donors (Lipinski definition) is 2. The van der Waals surface area contributed by atoms with Crippen molar-refractivity contribution >= 4 is 17.6 Å². The first kappa shape index (κ1) is 17.9. The van der Waals surface area contributed by atoms with Crippen LogP contribution in [0.25, 0.3) is 0 Å². The summed E-state index contributed by atoms with van der Waals surface area (Å²) in [4.78, 5) is 32.6. The van der Waals surface area contributed by atoms with Gasteiger partial charge < -0.3 is 21.3 Å². The monoisotopic (exact) mass is 353 g/mol. The van der Waals surface area contributed by atoms with Gasteiger partial charge in [-0.15, -0.1) is 0 Å². The summed E-state index contributed by atoms with van der Waals surface area (Å²) in [6.45, 7) is 3.88. The minimum Gasteiger partial charge on any atom is -0.365 e. The molecule has 2 amide bonds. The van der Waals surface area contributed by atoms with Crippen LogP contribution >= 0.6 is 0 Å². The van der Waals surface area contributed by atoms with Gasteiger partial charge >= 0.3 is 0 Å². The van der Waals surface area contributed by atoms with Gasteiger partial charge in [-0.3, -0.25) is 9.59 Å². The molecule has 0 aliphatic carbocycles. The molecule has 1 aromatic carbocycles. The fourth-order valence-corrected chi connectivity index (χ4v) is 3.20. The zero-order valence-corrected chi connectivity index (χ0v) is 14.8. The first-order valence-corrected chi connectivity index (χ1v) is 8.55. The van der Waals surface area contributed by atoms with Crippen LogP contribution in [0.3, 0.4) is 0 Å². The van der Waals surface area contributed by atoms with E-state index in [2.05, 4.69) is 4.98 Å². The molecule has 3 rings (SSSR count). The van der Waals surface area contributed by atoms with Crippen LogP contribution in [-0.2, 0) is 10.3 Å². The number of amides is 2. The lowest BCUT2D eigenvalue weighted by Crippen LogP contribution is -2.57. The van der Waals surface area contributed by atoms with Crippen molar-refractivity contribution in [2.45, 2.75) is 12.5 Å². The van der Waals surface area contributed by atoms with Gasteiger partial charge in [0.05, 0.1) is 5.56 Å². The van der Waals surface area contributed by atoms with Crippen molar-refractivity contribution in [3.63, 3.8) is 0 Å². The van der Waals surface area contributed by atoms with Crippen molar-refractivity contribution in [3.05, 3.63) is 59.8 Å². The summed E-state index contributed by atoms with van der Waals surface area (Å²) >= 11 is 0. The highest BCUT2D eigenvalue weighted by atomic mass is 16.2. The molecule has 26 heavy (non-hydrogen) atoms. The molecule has 0 spiro atoms. The number of piperazine rings is 1. The first-order chi connectivity index (χ1) is 12.4. The number of nitrogens with two attached hydrogens (primary N) is 2. The molecule has 1 atom stereocenters. The molecule has 1 aromatic heterocycles. The molecule has 0 bridgehead atoms. The zero-order chi connectivity index (χ0) is 18.7. The second-order valence-electron chi connectivity index (χ2n) is 6.59. The van der Waals surface area contributed by atoms with Crippen molar-refractivity contribution in [3.8, 4) is 0 Å². The molecule has 0 radical (unpaired) electrons. The minimum atomic E-state index is -1.08. The summed E-state index contributed by atoms with van der Waals surface area (Å²) in [6, 6.07) is 12.7. The Morgan fingerprint density at radius 1 is 1.04 bits per heavy atom. The maximum atomic E-state index is 12.9. The highest BCUT2D eigenvalue weighted by molar-refractivity contribution is 5.97. The van der Waals surface area contributed by atoms with Gasteiger partial charge in [-0.2, -0.15) is 0 Å². The van der Waals surface area contributed by atoms with Gasteiger partial charge in [-0.1, -0.05) is 30.3 Å². The summed E-state index contributed by atoms with van der Waals surface area (Å²) in [5.74, 6) is -0.0598. The Bertz CT molecular complexity index is 799. The van der Waals surface area contributed by atoms with Gasteiger partial charge in [0.25, 0.3) is 5.91 Å². The average Bonchev–Trinajstić information content (AvgIpc) is 2.68. The Kier molecular flexibility index (Phi) is 4.90. The Hall–Kier alpha value is -2.93. The van der Waals surface area contributed by atoms with E-state index in [0.29, 0.717) is 37.6 Å². The summed E-state index contributed by atoms with van der Waals surface area (Å²) in [5.41, 5.74) is 11.9. The summed E-state index contributed by atoms with van der Waals surface area (Å²) < 4.78 is 0. The molecule has 0 saturated carbocycles. The van der Waals surface area contributed by atoms with E-state index < -0.39 is 11.4 Å². The van der Waals surface area contributed by atoms with E-state index in [-0.39, 0.29) is 5.91 Å². The number of pyridine rings is 1. The van der Waals surface area contributed by atoms with E-state index in [9.17, 15) is 9.59 Å². The molecule has 136 valence electrons. The molecule has 1 saturated heterocycles. The van der Waals surface area contributed by atoms with Crippen LogP contribution in [0.15, 0.2) is 48.7 Å². The first-order valence-electron chi connectivity index (χ1n) is 8.55. The van der Waals surface area contributed by atoms with Crippen molar-refractivity contribution in [2.24, 2.45) is 11.5 Å². The molecule has 1 aliphatic rings. The van der Waals surface area contributed by atoms with E-state index in [1.165, 1.54) is 0 Å². The van der Waals surface area contributed by atoms with Gasteiger partial charge in [0.1, 0.15) is 11.4 Å². The second kappa shape index (κ2) is 7.13. The lowest BCUT2D eigenvalue weighted by Gasteiger charge is -2.39. The van der Waals surface area contributed by atoms with Gasteiger partial charge in [0.2, 0.25) is 5.91 Å². The Morgan fingerprint density at radius 3 is 2.31 bits per heavy atom. The van der Waals surface area contributed by atoms with Gasteiger partial charge in [-0.25, -0.2) is 4.98 Å². The molecular formula is C19H23N5O2. The number of carbonyl (C=O) groups is 2. The molecule has 4 N–H and O–H groups in total. The van der Waals surface area contributed by atoms with Crippen LogP contribution in [0, 0.1) is 0 Å². The molecule has 1 aliphatic heterocycles. The number of carbonyl (C=O) groups excluding carboxylic acids is 2. The zero-order valence-electron chi connectivity index (χ0n) is 14.8. The van der Waals surface area contributed by atoms with Crippen molar-refractivity contribution in [1.29, 1.82) is 0 Å². The number of benzene rings is 1. The van der Waals surface area contributed by atoms with Gasteiger partial charge in [-0.05, 0) is 24.6 Å². The van der Waals surface area contributed by atoms with E-state index in [4.69, 9.17) is 11.5 Å². The summed E-state index contributed by atoms with van der Waals surface area (Å²) in [5, 5.41) is 0. The quantitative estimate of drug-likeness (QED) is 0.842. The van der Waals surface area contributed by atoms with E-state index in [1.54, 1.807) is 30.2 Å². The molecule has 2 heterocycles. The number of primary amides is 1. The predicted octanol–water partition coefficient (Wildman–Crippen LogP) is 0.703. The average molecular weight is 353 g/mol. The minimum absolute atomic E-state index is 0.112. The fourth-order valence-electron chi connectivity index (χ4n) is 3.20. The third-order valence-corrected chi connectivity index (χ3v) is 4.74. The van der Waals surface area contributed by atoms with Crippen LogP contribution in [-0.4, -0.2) is 47.9 Å². The van der Waals surface area contributed by atoms with E-state index >= 15 is 0 Å². The smallest absolute Gasteiger partial charge is 0.252 e. The predicted molar refractivity (Wildman–Crippen MR) is 99.5 cm³/mol. The van der Waals surface area contributed by atoms with Gasteiger partial charge in [0.15, 0.2) is 0 Å². The maximum Gasteiger partial charge on any atom is 0.252 e. The summed E-state index contributed by atoms with van der Waals surface area (Å²) in [7, 11) is 0. The van der Waals surface area contributed by atoms with Crippen LogP contribution in [0.1, 0.15) is 22.8 Å². The molecule has 1 unspecified atom stereocenters. The largest absolute Gasteiger partial charge is 0.365 e. The lowest BCUT2D eigenvalue weighted by atomic mass is 9.91. The van der Waals surface area contributed by atoms with E-state index in [0.717, 1.165) is 5.56 Å². The SMILES string of the molecule is CC(N)(C(=O)N1CCN(c2ncccc2C(N)=O)CC1)c1ccccc1. The molecule has 2 aromatic rings. The highest BCUT2D eigenvalue weighted by Gasteiger charge is 2.36. The summed E-state index contributed by atoms with van der Waals surface area (Å²) in [6.07, 6.45) is 1.63. The number of anilines is 1. The second-order valence-corrected chi connectivity index (χ2v) is 6.59. The Labute approximate surface area is 152 Å². The topological polar surface area (TPSA) is 106 Å². The molecular weight excluding hydrogens is 330 g/mol. The highest BCUT2D eigenvalue weighted by Crippen LogP contribution is 2.23. The maximum absolute atomic E-state index is 12.9. The van der Waals surface area contributed by atoms with Crippen molar-refractivity contribution in [1.82, 2.24) is 9.88 Å². The number of nitrogens with zero attached hydrogens (tertiary/aromatic N) is 3. The van der Waals surface area contributed by atoms with Crippen LogP contribution < -0.4 is 16.4 Å². The fraction of sp³-hybridized carbons (Fsp3) is 0.316. The van der Waals surface area contributed by atoms with Crippen LogP contribution in [0.5, 0.6) is 0 Å². The third kappa shape index (κ3) is 3.39. The lowest BCUT2D eigenvalue weighted by molar-refractivity contribution is -0.137. The molecule has 7 nitrogen and oxygen atoms in total. The van der Waals surface area contributed by atoms with Gasteiger partial charge in [0, 0.05) is 32.4 Å². The molecule has 7 heteroatoms. The standard InChI is InChI=1S/C19H23N5O2/c1-19(21,14-6-3-2-4-7-14)18(26)24-12-10-23(11-13-24)17-15(16(20)25)8-5-9-22-17/h2-9H,10-13,21H2,1H3,(H2,20,25). The number of rotatable bonds is 4. The number of hydrogen-bond acceptors (Lipinski definition) is 5. The Balaban J connectivity index is 1.71.